The van der Waals surface area contributed by atoms with Gasteiger partial charge < -0.3 is 15.2 Å². The van der Waals surface area contributed by atoms with Crippen molar-refractivity contribution < 1.29 is 9.84 Å². The lowest BCUT2D eigenvalue weighted by molar-refractivity contribution is 0.282. The van der Waals surface area contributed by atoms with Crippen molar-refractivity contribution in [3.63, 3.8) is 0 Å². The maximum Gasteiger partial charge on any atom is 0.226 e. The maximum absolute atomic E-state index is 9.00. The second-order valence-electron chi connectivity index (χ2n) is 4.43. The molecule has 0 radical (unpaired) electrons. The van der Waals surface area contributed by atoms with Crippen LogP contribution in [0.4, 0.5) is 5.95 Å². The van der Waals surface area contributed by atoms with Crippen LogP contribution in [0, 0.1) is 6.92 Å². The molecular weight excluding hydrogens is 254 g/mol. The average molecular weight is 273 g/mol. The topological polar surface area (TPSA) is 67.3 Å². The number of ether oxygens (including phenoxy) is 1. The van der Waals surface area contributed by atoms with Gasteiger partial charge in [0.05, 0.1) is 13.2 Å². The zero-order valence-electron chi connectivity index (χ0n) is 11.8. The molecule has 20 heavy (non-hydrogen) atoms. The number of rotatable bonds is 6. The molecule has 106 valence electrons. The summed E-state index contributed by atoms with van der Waals surface area (Å²) >= 11 is 0. The summed E-state index contributed by atoms with van der Waals surface area (Å²) in [6.45, 7) is 5.10. The third kappa shape index (κ3) is 3.93. The fraction of sp³-hybridized carbons (Fsp3) is 0.333. The van der Waals surface area contributed by atoms with E-state index in [1.54, 1.807) is 0 Å². The van der Waals surface area contributed by atoms with Gasteiger partial charge in [-0.15, -0.1) is 0 Å². The van der Waals surface area contributed by atoms with E-state index in [9.17, 15) is 0 Å². The summed E-state index contributed by atoms with van der Waals surface area (Å²) in [5, 5.41) is 12.2. The van der Waals surface area contributed by atoms with E-state index in [4.69, 9.17) is 9.84 Å². The van der Waals surface area contributed by atoms with Gasteiger partial charge in [-0.05, 0) is 25.0 Å². The molecule has 0 fully saturated rings. The number of nitrogens with zero attached hydrogens (tertiary/aromatic N) is 2. The highest BCUT2D eigenvalue weighted by molar-refractivity contribution is 5.33. The van der Waals surface area contributed by atoms with E-state index in [2.05, 4.69) is 15.3 Å². The van der Waals surface area contributed by atoms with E-state index in [-0.39, 0.29) is 6.61 Å². The molecule has 0 saturated carbocycles. The zero-order valence-corrected chi connectivity index (χ0v) is 11.8. The molecule has 5 nitrogen and oxygen atoms in total. The summed E-state index contributed by atoms with van der Waals surface area (Å²) in [4.78, 5) is 8.61. The van der Waals surface area contributed by atoms with Crippen LogP contribution in [-0.4, -0.2) is 21.7 Å². The quantitative estimate of drug-likeness (QED) is 0.845. The van der Waals surface area contributed by atoms with E-state index >= 15 is 0 Å². The minimum absolute atomic E-state index is 0.0619. The Labute approximate surface area is 118 Å². The number of hydrogen-bond acceptors (Lipinski definition) is 5. The van der Waals surface area contributed by atoms with Crippen molar-refractivity contribution in [2.24, 2.45) is 0 Å². The molecule has 0 spiro atoms. The largest absolute Gasteiger partial charge is 0.478 e. The van der Waals surface area contributed by atoms with Crippen LogP contribution in [0.3, 0.4) is 0 Å². The first-order valence-electron chi connectivity index (χ1n) is 6.62. The van der Waals surface area contributed by atoms with Gasteiger partial charge in [-0.1, -0.05) is 24.3 Å². The summed E-state index contributed by atoms with van der Waals surface area (Å²) in [5.41, 5.74) is 2.87. The van der Waals surface area contributed by atoms with E-state index in [0.29, 0.717) is 25.0 Å². The Balaban J connectivity index is 2.02. The predicted molar refractivity (Wildman–Crippen MR) is 77.6 cm³/mol. The number of anilines is 1. The summed E-state index contributed by atoms with van der Waals surface area (Å²) in [7, 11) is 0. The molecule has 1 aromatic carbocycles. The van der Waals surface area contributed by atoms with Crippen LogP contribution in [0.1, 0.15) is 23.7 Å². The molecule has 2 N–H and O–H groups in total. The Hall–Kier alpha value is -2.14. The Morgan fingerprint density at radius 3 is 2.50 bits per heavy atom. The van der Waals surface area contributed by atoms with Crippen LogP contribution >= 0.6 is 0 Å². The highest BCUT2D eigenvalue weighted by Crippen LogP contribution is 2.13. The molecule has 0 atom stereocenters. The molecule has 0 aliphatic heterocycles. The second kappa shape index (κ2) is 6.86. The van der Waals surface area contributed by atoms with Crippen molar-refractivity contribution in [1.82, 2.24) is 9.97 Å². The minimum Gasteiger partial charge on any atom is -0.478 e. The predicted octanol–water partition coefficient (Wildman–Crippen LogP) is 2.29. The van der Waals surface area contributed by atoms with Crippen molar-refractivity contribution in [3.8, 4) is 5.88 Å². The molecular formula is C15H19N3O2. The zero-order chi connectivity index (χ0) is 14.4. The Morgan fingerprint density at radius 2 is 1.85 bits per heavy atom. The second-order valence-corrected chi connectivity index (χ2v) is 4.43. The molecule has 0 amide bonds. The van der Waals surface area contributed by atoms with Crippen molar-refractivity contribution in [2.75, 3.05) is 11.9 Å². The number of benzene rings is 1. The van der Waals surface area contributed by atoms with Crippen molar-refractivity contribution in [2.45, 2.75) is 27.0 Å². The van der Waals surface area contributed by atoms with Crippen molar-refractivity contribution >= 4 is 5.95 Å². The SMILES string of the molecule is CCOc1cc(C)nc(NCc2ccc(CO)cc2)n1. The molecule has 1 aromatic heterocycles. The summed E-state index contributed by atoms with van der Waals surface area (Å²) in [6.07, 6.45) is 0. The molecule has 0 aliphatic carbocycles. The summed E-state index contributed by atoms with van der Waals surface area (Å²) < 4.78 is 5.39. The number of nitrogens with one attached hydrogen (secondary N) is 1. The summed E-state index contributed by atoms with van der Waals surface area (Å²) in [5.74, 6) is 1.14. The van der Waals surface area contributed by atoms with Gasteiger partial charge in [0.1, 0.15) is 0 Å². The molecule has 0 unspecified atom stereocenters. The molecule has 2 rings (SSSR count). The fourth-order valence-electron chi connectivity index (χ4n) is 1.78. The van der Waals surface area contributed by atoms with E-state index in [0.717, 1.165) is 16.8 Å². The van der Waals surface area contributed by atoms with Crippen LogP contribution in [0.5, 0.6) is 5.88 Å². The first kappa shape index (κ1) is 14.3. The first-order chi connectivity index (χ1) is 9.71. The van der Waals surface area contributed by atoms with Crippen molar-refractivity contribution in [1.29, 1.82) is 0 Å². The van der Waals surface area contributed by atoms with Gasteiger partial charge in [-0.3, -0.25) is 0 Å². The lowest BCUT2D eigenvalue weighted by Crippen LogP contribution is -2.06. The van der Waals surface area contributed by atoms with Gasteiger partial charge in [-0.25, -0.2) is 4.98 Å². The van der Waals surface area contributed by atoms with Gasteiger partial charge >= 0.3 is 0 Å². The van der Waals surface area contributed by atoms with Crippen LogP contribution in [0.2, 0.25) is 0 Å². The number of aryl methyl sites for hydroxylation is 1. The molecule has 0 saturated heterocycles. The fourth-order valence-corrected chi connectivity index (χ4v) is 1.78. The normalized spacial score (nSPS) is 10.3. The molecule has 2 aromatic rings. The van der Waals surface area contributed by atoms with Crippen LogP contribution < -0.4 is 10.1 Å². The van der Waals surface area contributed by atoms with E-state index in [1.165, 1.54) is 0 Å². The first-order valence-corrected chi connectivity index (χ1v) is 6.62. The van der Waals surface area contributed by atoms with Gasteiger partial charge in [0.15, 0.2) is 0 Å². The Morgan fingerprint density at radius 1 is 1.15 bits per heavy atom. The van der Waals surface area contributed by atoms with E-state index < -0.39 is 0 Å². The Kier molecular flexibility index (Phi) is 4.90. The molecule has 1 heterocycles. The maximum atomic E-state index is 9.00. The smallest absolute Gasteiger partial charge is 0.226 e. The minimum atomic E-state index is 0.0619. The number of hydrogen-bond donors (Lipinski definition) is 2. The number of aliphatic hydroxyl groups excluding tert-OH is 1. The lowest BCUT2D eigenvalue weighted by Gasteiger charge is -2.08. The van der Waals surface area contributed by atoms with Gasteiger partial charge in [-0.2, -0.15) is 4.98 Å². The highest BCUT2D eigenvalue weighted by atomic mass is 16.5. The molecule has 0 bridgehead atoms. The Bertz CT molecular complexity index is 556. The van der Waals surface area contributed by atoms with Gasteiger partial charge in [0, 0.05) is 18.3 Å². The lowest BCUT2D eigenvalue weighted by atomic mass is 10.1. The third-order valence-electron chi connectivity index (χ3n) is 2.78. The highest BCUT2D eigenvalue weighted by Gasteiger charge is 2.03. The van der Waals surface area contributed by atoms with Crippen LogP contribution in [0.15, 0.2) is 30.3 Å². The van der Waals surface area contributed by atoms with Crippen molar-refractivity contribution in [3.05, 3.63) is 47.2 Å². The average Bonchev–Trinajstić information content (AvgIpc) is 2.45. The monoisotopic (exact) mass is 273 g/mol. The van der Waals surface area contributed by atoms with Crippen LogP contribution in [0.25, 0.3) is 0 Å². The standard InChI is InChI=1S/C15H19N3O2/c1-3-20-14-8-11(2)17-15(18-14)16-9-12-4-6-13(10-19)7-5-12/h4-8,19H,3,9-10H2,1-2H3,(H,16,17,18). The third-order valence-corrected chi connectivity index (χ3v) is 2.78. The van der Waals surface area contributed by atoms with E-state index in [1.807, 2.05) is 44.2 Å². The number of aliphatic hydroxyl groups is 1. The van der Waals surface area contributed by atoms with Crippen LogP contribution in [-0.2, 0) is 13.2 Å². The summed E-state index contributed by atoms with van der Waals surface area (Å²) in [6, 6.07) is 9.56. The number of aromatic nitrogens is 2. The van der Waals surface area contributed by atoms with Gasteiger partial charge in [0.2, 0.25) is 11.8 Å². The molecule has 5 heteroatoms. The molecule has 0 aliphatic rings. The van der Waals surface area contributed by atoms with Gasteiger partial charge in [0.25, 0.3) is 0 Å².